The number of hydrogen-bond donors (Lipinski definition) is 0. The summed E-state index contributed by atoms with van der Waals surface area (Å²) in [6.07, 6.45) is 3.69. The quantitative estimate of drug-likeness (QED) is 0.592. The van der Waals surface area contributed by atoms with Crippen LogP contribution in [0.3, 0.4) is 0 Å². The fourth-order valence-electron chi connectivity index (χ4n) is 0.551. The molecule has 10 heavy (non-hydrogen) atoms. The highest BCUT2D eigenvalue weighted by Gasteiger charge is 1.93. The molecule has 0 aromatic rings. The Morgan fingerprint density at radius 3 is 2.00 bits per heavy atom. The predicted molar refractivity (Wildman–Crippen MR) is 46.2 cm³/mol. The van der Waals surface area contributed by atoms with Crippen molar-refractivity contribution in [2.24, 2.45) is 0 Å². The molecule has 1 heteroatoms. The highest BCUT2D eigenvalue weighted by molar-refractivity contribution is 5.77. The van der Waals surface area contributed by atoms with Crippen molar-refractivity contribution in [1.29, 1.82) is 0 Å². The lowest BCUT2D eigenvalue weighted by molar-refractivity contribution is -0.118. The van der Waals surface area contributed by atoms with Crippen molar-refractivity contribution in [2.45, 2.75) is 53.4 Å². The topological polar surface area (TPSA) is 17.1 Å². The molecule has 0 bridgehead atoms. The molecule has 0 aromatic carbocycles. The van der Waals surface area contributed by atoms with E-state index in [0.29, 0.717) is 12.2 Å². The molecule has 0 spiro atoms. The molecule has 0 radical (unpaired) electrons. The Morgan fingerprint density at radius 2 is 1.70 bits per heavy atom. The lowest BCUT2D eigenvalue weighted by atomic mass is 10.1. The van der Waals surface area contributed by atoms with E-state index in [1.807, 2.05) is 20.8 Å². The summed E-state index contributed by atoms with van der Waals surface area (Å²) in [5, 5.41) is 0. The van der Waals surface area contributed by atoms with Gasteiger partial charge in [-0.1, -0.05) is 34.1 Å². The Balaban J connectivity index is 0. The van der Waals surface area contributed by atoms with Gasteiger partial charge >= 0.3 is 0 Å². The number of unbranched alkanes of at least 4 members (excludes halogenated alkanes) is 1. The van der Waals surface area contributed by atoms with Crippen LogP contribution in [-0.4, -0.2) is 5.78 Å². The summed E-state index contributed by atoms with van der Waals surface area (Å²) < 4.78 is 0. The Morgan fingerprint density at radius 1 is 1.20 bits per heavy atom. The van der Waals surface area contributed by atoms with Crippen molar-refractivity contribution in [1.82, 2.24) is 0 Å². The van der Waals surface area contributed by atoms with Gasteiger partial charge in [-0.3, -0.25) is 4.79 Å². The van der Waals surface area contributed by atoms with Crippen LogP contribution < -0.4 is 0 Å². The van der Waals surface area contributed by atoms with Crippen molar-refractivity contribution in [3.63, 3.8) is 0 Å². The van der Waals surface area contributed by atoms with Gasteiger partial charge in [-0.2, -0.15) is 0 Å². The van der Waals surface area contributed by atoms with Crippen LogP contribution in [0.1, 0.15) is 53.4 Å². The maximum absolute atomic E-state index is 10.6. The molecule has 0 N–H and O–H groups in total. The average molecular weight is 144 g/mol. The lowest BCUT2D eigenvalue weighted by Crippen LogP contribution is -1.92. The predicted octanol–water partition coefficient (Wildman–Crippen LogP) is 3.18. The zero-order chi connectivity index (χ0) is 8.41. The first kappa shape index (κ1) is 12.4. The van der Waals surface area contributed by atoms with Crippen LogP contribution >= 0.6 is 0 Å². The van der Waals surface area contributed by atoms with Gasteiger partial charge in [0.1, 0.15) is 5.78 Å². The standard InChI is InChI=1S/C7H14O.C2H6/c1-3-5-6-7(8)4-2;1-2/h3-6H2,1-2H3;1-2H3. The molecule has 0 unspecified atom stereocenters. The van der Waals surface area contributed by atoms with Crippen LogP contribution in [0, 0.1) is 0 Å². The minimum Gasteiger partial charge on any atom is -0.300 e. The van der Waals surface area contributed by atoms with Gasteiger partial charge in [-0.25, -0.2) is 0 Å². The molecule has 0 saturated carbocycles. The first-order valence-electron chi connectivity index (χ1n) is 4.33. The number of ketones is 1. The molecule has 0 fully saturated rings. The molecule has 0 amide bonds. The van der Waals surface area contributed by atoms with Crippen LogP contribution in [0.2, 0.25) is 0 Å². The summed E-state index contributed by atoms with van der Waals surface area (Å²) >= 11 is 0. The summed E-state index contributed by atoms with van der Waals surface area (Å²) in [5.41, 5.74) is 0. The Labute approximate surface area is 64.8 Å². The monoisotopic (exact) mass is 144 g/mol. The van der Waals surface area contributed by atoms with Gasteiger partial charge in [0.05, 0.1) is 0 Å². The van der Waals surface area contributed by atoms with Gasteiger partial charge in [-0.05, 0) is 6.42 Å². The maximum atomic E-state index is 10.6. The van der Waals surface area contributed by atoms with E-state index in [4.69, 9.17) is 0 Å². The lowest BCUT2D eigenvalue weighted by Gasteiger charge is -1.91. The minimum atomic E-state index is 0.395. The Kier molecular flexibility index (Phi) is 14.2. The molecule has 0 aromatic heterocycles. The SMILES string of the molecule is CC.CCCCC(=O)CC. The number of carbonyl (C=O) groups is 1. The number of rotatable bonds is 4. The van der Waals surface area contributed by atoms with Crippen molar-refractivity contribution in [3.8, 4) is 0 Å². The summed E-state index contributed by atoms with van der Waals surface area (Å²) in [7, 11) is 0. The largest absolute Gasteiger partial charge is 0.300 e. The minimum absolute atomic E-state index is 0.395. The van der Waals surface area contributed by atoms with Gasteiger partial charge in [0.25, 0.3) is 0 Å². The maximum Gasteiger partial charge on any atom is 0.132 e. The molecule has 0 aliphatic carbocycles. The van der Waals surface area contributed by atoms with Crippen molar-refractivity contribution in [3.05, 3.63) is 0 Å². The van der Waals surface area contributed by atoms with Crippen molar-refractivity contribution in [2.75, 3.05) is 0 Å². The zero-order valence-electron chi connectivity index (χ0n) is 7.74. The molecular weight excluding hydrogens is 124 g/mol. The fourth-order valence-corrected chi connectivity index (χ4v) is 0.551. The second-order valence-corrected chi connectivity index (χ2v) is 2.00. The highest BCUT2D eigenvalue weighted by atomic mass is 16.1. The average Bonchev–Trinajstić information content (AvgIpc) is 2.04. The third-order valence-electron chi connectivity index (χ3n) is 1.20. The molecule has 0 rings (SSSR count). The third-order valence-corrected chi connectivity index (χ3v) is 1.20. The van der Waals surface area contributed by atoms with Crippen LogP contribution in [-0.2, 0) is 4.79 Å². The first-order valence-corrected chi connectivity index (χ1v) is 4.33. The van der Waals surface area contributed by atoms with Gasteiger partial charge < -0.3 is 0 Å². The van der Waals surface area contributed by atoms with Gasteiger partial charge in [0, 0.05) is 12.8 Å². The second kappa shape index (κ2) is 11.5. The van der Waals surface area contributed by atoms with E-state index in [0.717, 1.165) is 19.3 Å². The van der Waals surface area contributed by atoms with E-state index in [1.54, 1.807) is 0 Å². The van der Waals surface area contributed by atoms with Gasteiger partial charge in [-0.15, -0.1) is 0 Å². The molecular formula is C9H20O. The van der Waals surface area contributed by atoms with Crippen LogP contribution in [0.15, 0.2) is 0 Å². The molecule has 0 aliphatic heterocycles. The summed E-state index contributed by atoms with van der Waals surface area (Å²) in [6, 6.07) is 0. The number of hydrogen-bond acceptors (Lipinski definition) is 1. The van der Waals surface area contributed by atoms with E-state index < -0.39 is 0 Å². The van der Waals surface area contributed by atoms with Gasteiger partial charge in [0.2, 0.25) is 0 Å². The summed E-state index contributed by atoms with van der Waals surface area (Å²) in [4.78, 5) is 10.6. The zero-order valence-corrected chi connectivity index (χ0v) is 7.74. The van der Waals surface area contributed by atoms with Crippen molar-refractivity contribution < 1.29 is 4.79 Å². The Hall–Kier alpha value is -0.330. The summed E-state index contributed by atoms with van der Waals surface area (Å²) in [6.45, 7) is 8.01. The van der Waals surface area contributed by atoms with Crippen LogP contribution in [0.4, 0.5) is 0 Å². The molecule has 62 valence electrons. The van der Waals surface area contributed by atoms with E-state index in [-0.39, 0.29) is 0 Å². The van der Waals surface area contributed by atoms with Crippen molar-refractivity contribution >= 4 is 5.78 Å². The van der Waals surface area contributed by atoms with E-state index in [1.165, 1.54) is 0 Å². The molecule has 1 nitrogen and oxygen atoms in total. The van der Waals surface area contributed by atoms with Gasteiger partial charge in [0.15, 0.2) is 0 Å². The first-order chi connectivity index (χ1) is 4.81. The Bertz CT molecular complexity index is 67.1. The number of carbonyl (C=O) groups excluding carboxylic acids is 1. The van der Waals surface area contributed by atoms with E-state index in [2.05, 4.69) is 6.92 Å². The molecule has 0 atom stereocenters. The second-order valence-electron chi connectivity index (χ2n) is 2.00. The van der Waals surface area contributed by atoms with E-state index >= 15 is 0 Å². The van der Waals surface area contributed by atoms with E-state index in [9.17, 15) is 4.79 Å². The molecule has 0 saturated heterocycles. The third kappa shape index (κ3) is 10.6. The fraction of sp³-hybridized carbons (Fsp3) is 0.889. The van der Waals surface area contributed by atoms with Crippen LogP contribution in [0.5, 0.6) is 0 Å². The van der Waals surface area contributed by atoms with Crippen LogP contribution in [0.25, 0.3) is 0 Å². The number of Topliss-reactive ketones (excluding diaryl/α,β-unsaturated/α-hetero) is 1. The summed E-state index contributed by atoms with van der Waals surface area (Å²) in [5.74, 6) is 0.395. The normalized spacial score (nSPS) is 8.00. The smallest absolute Gasteiger partial charge is 0.132 e. The molecule has 0 aliphatic rings. The highest BCUT2D eigenvalue weighted by Crippen LogP contribution is 1.96. The molecule has 0 heterocycles.